The number of hydrogen-bond donors (Lipinski definition) is 1. The molecule has 1 aliphatic heterocycles. The molecule has 1 aliphatic rings. The lowest BCUT2D eigenvalue weighted by Crippen LogP contribution is -2.19. The van der Waals surface area contributed by atoms with Crippen molar-refractivity contribution in [2.75, 3.05) is 14.2 Å². The standard InChI is InChI=1S/C18H13Cl3N2O3S/c1-25-13-7-9(6-11(20)16(13)26-2)8-14-17(24)23-18(27-14)22-12-5-3-4-10(19)15(12)21/h3-8H,1-2H3,(H,22,23,24)/b14-8+. The van der Waals surface area contributed by atoms with Crippen molar-refractivity contribution < 1.29 is 14.3 Å². The minimum atomic E-state index is -0.275. The zero-order valence-corrected chi connectivity index (χ0v) is 17.3. The topological polar surface area (TPSA) is 59.9 Å². The van der Waals surface area contributed by atoms with Crippen molar-refractivity contribution in [2.45, 2.75) is 0 Å². The largest absolute Gasteiger partial charge is 0.493 e. The van der Waals surface area contributed by atoms with Crippen LogP contribution in [-0.4, -0.2) is 25.3 Å². The van der Waals surface area contributed by atoms with E-state index in [-0.39, 0.29) is 5.91 Å². The molecule has 1 heterocycles. The van der Waals surface area contributed by atoms with Crippen molar-refractivity contribution in [3.63, 3.8) is 0 Å². The lowest BCUT2D eigenvalue weighted by Gasteiger charge is -2.10. The summed E-state index contributed by atoms with van der Waals surface area (Å²) in [7, 11) is 3.02. The van der Waals surface area contributed by atoms with E-state index in [1.54, 1.807) is 36.4 Å². The normalized spacial score (nSPS) is 16.7. The second-order valence-electron chi connectivity index (χ2n) is 5.29. The highest BCUT2D eigenvalue weighted by molar-refractivity contribution is 8.18. The number of ether oxygens (including phenoxy) is 2. The summed E-state index contributed by atoms with van der Waals surface area (Å²) in [5.74, 6) is 0.630. The highest BCUT2D eigenvalue weighted by Gasteiger charge is 2.24. The van der Waals surface area contributed by atoms with Crippen LogP contribution in [0, 0.1) is 0 Å². The van der Waals surface area contributed by atoms with Gasteiger partial charge in [-0.2, -0.15) is 0 Å². The quantitative estimate of drug-likeness (QED) is 0.629. The fraction of sp³-hybridized carbons (Fsp3) is 0.111. The van der Waals surface area contributed by atoms with Crippen LogP contribution in [-0.2, 0) is 4.79 Å². The van der Waals surface area contributed by atoms with Gasteiger partial charge in [0.1, 0.15) is 0 Å². The maximum atomic E-state index is 12.3. The molecule has 1 saturated heterocycles. The number of carbonyl (C=O) groups excluding carboxylic acids is 1. The molecule has 0 unspecified atom stereocenters. The third kappa shape index (κ3) is 4.35. The number of nitrogens with one attached hydrogen (secondary N) is 1. The van der Waals surface area contributed by atoms with Crippen LogP contribution in [0.25, 0.3) is 6.08 Å². The summed E-state index contributed by atoms with van der Waals surface area (Å²) in [5.41, 5.74) is 1.17. The summed E-state index contributed by atoms with van der Waals surface area (Å²) in [5, 5.41) is 4.20. The van der Waals surface area contributed by atoms with E-state index in [2.05, 4.69) is 10.3 Å². The molecule has 0 aliphatic carbocycles. The van der Waals surface area contributed by atoms with Crippen molar-refractivity contribution in [3.8, 4) is 11.5 Å². The molecule has 1 amide bonds. The van der Waals surface area contributed by atoms with E-state index in [9.17, 15) is 4.79 Å². The molecule has 1 N–H and O–H groups in total. The van der Waals surface area contributed by atoms with Gasteiger partial charge in [0.25, 0.3) is 5.91 Å². The second kappa shape index (κ2) is 8.44. The van der Waals surface area contributed by atoms with E-state index < -0.39 is 0 Å². The number of benzene rings is 2. The van der Waals surface area contributed by atoms with Crippen LogP contribution in [0.15, 0.2) is 40.2 Å². The van der Waals surface area contributed by atoms with Gasteiger partial charge in [-0.1, -0.05) is 40.9 Å². The smallest absolute Gasteiger partial charge is 0.264 e. The highest BCUT2D eigenvalue weighted by atomic mass is 35.5. The van der Waals surface area contributed by atoms with Crippen LogP contribution in [0.5, 0.6) is 11.5 Å². The number of nitrogens with zero attached hydrogens (tertiary/aromatic N) is 1. The van der Waals surface area contributed by atoms with Crippen LogP contribution < -0.4 is 14.8 Å². The molecule has 0 radical (unpaired) electrons. The third-order valence-electron chi connectivity index (χ3n) is 3.56. The Morgan fingerprint density at radius 3 is 2.59 bits per heavy atom. The molecule has 2 aromatic carbocycles. The first-order chi connectivity index (χ1) is 12.9. The Labute approximate surface area is 175 Å². The van der Waals surface area contributed by atoms with Crippen molar-refractivity contribution in [2.24, 2.45) is 4.99 Å². The number of thioether (sulfide) groups is 1. The average Bonchev–Trinajstić information content (AvgIpc) is 2.97. The zero-order valence-electron chi connectivity index (χ0n) is 14.2. The summed E-state index contributed by atoms with van der Waals surface area (Å²) >= 11 is 19.5. The van der Waals surface area contributed by atoms with Gasteiger partial charge in [0, 0.05) is 0 Å². The molecule has 0 saturated carbocycles. The lowest BCUT2D eigenvalue weighted by molar-refractivity contribution is -0.115. The number of methoxy groups -OCH3 is 2. The molecule has 0 aromatic heterocycles. The molecule has 0 bridgehead atoms. The Morgan fingerprint density at radius 2 is 1.89 bits per heavy atom. The number of halogens is 3. The zero-order chi connectivity index (χ0) is 19.6. The number of amidine groups is 1. The van der Waals surface area contributed by atoms with Crippen molar-refractivity contribution in [1.29, 1.82) is 0 Å². The van der Waals surface area contributed by atoms with E-state index in [1.807, 2.05) is 0 Å². The molecule has 0 spiro atoms. The maximum Gasteiger partial charge on any atom is 0.264 e. The van der Waals surface area contributed by atoms with Crippen LogP contribution >= 0.6 is 46.6 Å². The summed E-state index contributed by atoms with van der Waals surface area (Å²) in [6, 6.07) is 8.53. The van der Waals surface area contributed by atoms with Gasteiger partial charge in [0.05, 0.1) is 39.9 Å². The summed E-state index contributed by atoms with van der Waals surface area (Å²) in [6.45, 7) is 0. The second-order valence-corrected chi connectivity index (χ2v) is 7.52. The predicted octanol–water partition coefficient (Wildman–Crippen LogP) is 5.56. The highest BCUT2D eigenvalue weighted by Crippen LogP contribution is 2.38. The molecule has 9 heteroatoms. The number of rotatable bonds is 4. The van der Waals surface area contributed by atoms with Crippen molar-refractivity contribution in [1.82, 2.24) is 5.32 Å². The SMILES string of the molecule is COc1cc(/C=C2/SC(=Nc3cccc(Cl)c3Cl)NC2=O)cc(Cl)c1OC. The third-order valence-corrected chi connectivity index (χ3v) is 5.56. The fourth-order valence-corrected chi connectivity index (χ4v) is 3.81. The summed E-state index contributed by atoms with van der Waals surface area (Å²) < 4.78 is 10.5. The van der Waals surface area contributed by atoms with Crippen LogP contribution in [0.3, 0.4) is 0 Å². The fourth-order valence-electron chi connectivity index (χ4n) is 2.34. The van der Waals surface area contributed by atoms with Crippen molar-refractivity contribution >= 4 is 69.4 Å². The van der Waals surface area contributed by atoms with Gasteiger partial charge >= 0.3 is 0 Å². The van der Waals surface area contributed by atoms with E-state index in [0.717, 1.165) is 0 Å². The van der Waals surface area contributed by atoms with E-state index >= 15 is 0 Å². The van der Waals surface area contributed by atoms with E-state index in [0.29, 0.717) is 47.9 Å². The van der Waals surface area contributed by atoms with Crippen LogP contribution in [0.2, 0.25) is 15.1 Å². The van der Waals surface area contributed by atoms with Gasteiger partial charge in [0.15, 0.2) is 16.7 Å². The first kappa shape index (κ1) is 19.9. The Bertz CT molecular complexity index is 977. The minimum absolute atomic E-state index is 0.275. The van der Waals surface area contributed by atoms with Crippen molar-refractivity contribution in [3.05, 3.63) is 55.9 Å². The Morgan fingerprint density at radius 1 is 1.11 bits per heavy atom. The van der Waals surface area contributed by atoms with Gasteiger partial charge in [-0.05, 0) is 47.7 Å². The molecule has 27 heavy (non-hydrogen) atoms. The number of hydrogen-bond acceptors (Lipinski definition) is 5. The maximum absolute atomic E-state index is 12.3. The van der Waals surface area contributed by atoms with Gasteiger partial charge in [-0.15, -0.1) is 0 Å². The number of amides is 1. The average molecular weight is 444 g/mol. The summed E-state index contributed by atoms with van der Waals surface area (Å²) in [6.07, 6.45) is 1.69. The van der Waals surface area contributed by atoms with Gasteiger partial charge < -0.3 is 14.8 Å². The Kier molecular flexibility index (Phi) is 6.22. The molecule has 3 rings (SSSR count). The molecular formula is C18H13Cl3N2O3S. The molecule has 2 aromatic rings. The molecule has 140 valence electrons. The lowest BCUT2D eigenvalue weighted by atomic mass is 10.2. The number of aliphatic imine (C=N–C) groups is 1. The van der Waals surface area contributed by atoms with E-state index in [1.165, 1.54) is 26.0 Å². The van der Waals surface area contributed by atoms with Crippen LogP contribution in [0.4, 0.5) is 5.69 Å². The first-order valence-electron chi connectivity index (χ1n) is 7.58. The van der Waals surface area contributed by atoms with E-state index in [4.69, 9.17) is 44.3 Å². The van der Waals surface area contributed by atoms with Gasteiger partial charge in [-0.3, -0.25) is 4.79 Å². The molecule has 1 fully saturated rings. The minimum Gasteiger partial charge on any atom is -0.493 e. The first-order valence-corrected chi connectivity index (χ1v) is 9.53. The Balaban J connectivity index is 1.91. The monoisotopic (exact) mass is 442 g/mol. The Hall–Kier alpha value is -1.86. The van der Waals surface area contributed by atoms with Gasteiger partial charge in [0.2, 0.25) is 0 Å². The van der Waals surface area contributed by atoms with Gasteiger partial charge in [-0.25, -0.2) is 4.99 Å². The molecule has 5 nitrogen and oxygen atoms in total. The predicted molar refractivity (Wildman–Crippen MR) is 112 cm³/mol. The molecule has 0 atom stereocenters. The van der Waals surface area contributed by atoms with Crippen LogP contribution in [0.1, 0.15) is 5.56 Å². The molecular weight excluding hydrogens is 431 g/mol. The summed E-state index contributed by atoms with van der Waals surface area (Å²) in [4.78, 5) is 17.1. The number of carbonyl (C=O) groups is 1.